The molecule has 0 aliphatic carbocycles. The van der Waals surface area contributed by atoms with E-state index >= 15 is 0 Å². The predicted molar refractivity (Wildman–Crippen MR) is 130 cm³/mol. The van der Waals surface area contributed by atoms with Crippen molar-refractivity contribution >= 4 is 39.1 Å². The summed E-state index contributed by atoms with van der Waals surface area (Å²) in [6.45, 7) is 5.71. The van der Waals surface area contributed by atoms with Gasteiger partial charge in [0, 0.05) is 16.3 Å². The average Bonchev–Trinajstić information content (AvgIpc) is 2.77. The van der Waals surface area contributed by atoms with Gasteiger partial charge in [0.1, 0.15) is 5.75 Å². The van der Waals surface area contributed by atoms with Crippen LogP contribution in [0.2, 0.25) is 0 Å². The molecule has 3 aromatic rings. The van der Waals surface area contributed by atoms with E-state index in [0.29, 0.717) is 11.4 Å². The van der Waals surface area contributed by atoms with Crippen molar-refractivity contribution in [3.63, 3.8) is 0 Å². The molecule has 32 heavy (non-hydrogen) atoms. The largest absolute Gasteiger partial charge is 0.497 e. The van der Waals surface area contributed by atoms with Crippen molar-refractivity contribution in [2.45, 2.75) is 35.8 Å². The average molecular weight is 471 g/mol. The number of sulfonamides is 1. The smallest absolute Gasteiger partial charge is 0.261 e. The molecule has 2 N–H and O–H groups in total. The lowest BCUT2D eigenvalue weighted by Gasteiger charge is -2.13. The van der Waals surface area contributed by atoms with Crippen LogP contribution in [0.25, 0.3) is 0 Å². The van der Waals surface area contributed by atoms with Gasteiger partial charge in [-0.25, -0.2) is 8.42 Å². The number of methoxy groups -OCH3 is 1. The molecule has 0 aromatic heterocycles. The van der Waals surface area contributed by atoms with Crippen molar-refractivity contribution in [2.75, 3.05) is 17.1 Å². The van der Waals surface area contributed by atoms with E-state index < -0.39 is 10.0 Å². The van der Waals surface area contributed by atoms with Gasteiger partial charge in [0.05, 0.1) is 17.3 Å². The summed E-state index contributed by atoms with van der Waals surface area (Å²) in [5, 5.41) is 2.49. The molecule has 0 aliphatic heterocycles. The summed E-state index contributed by atoms with van der Waals surface area (Å²) in [6.07, 6.45) is 0. The maximum absolute atomic E-state index is 12.7. The van der Waals surface area contributed by atoms with E-state index in [2.05, 4.69) is 10.0 Å². The molecule has 0 fully saturated rings. The van der Waals surface area contributed by atoms with Crippen LogP contribution in [0.4, 0.5) is 11.4 Å². The maximum atomic E-state index is 12.7. The Morgan fingerprint density at radius 3 is 2.12 bits per heavy atom. The minimum atomic E-state index is -3.73. The van der Waals surface area contributed by atoms with Crippen LogP contribution < -0.4 is 14.8 Å². The SMILES string of the molecule is COc1ccc(SC(C)C(=O)Nc2ccc(S(=O)(=O)Nc3ccc(C)c(C)c3)cc2)cc1. The van der Waals surface area contributed by atoms with Gasteiger partial charge in [-0.1, -0.05) is 6.07 Å². The van der Waals surface area contributed by atoms with E-state index in [1.807, 2.05) is 51.1 Å². The fourth-order valence-corrected chi connectivity index (χ4v) is 4.81. The standard InChI is InChI=1S/C24H26N2O4S2/c1-16-5-6-20(15-17(16)2)26-32(28,29)23-13-7-19(8-14-23)25-24(27)18(3)31-22-11-9-21(30-4)10-12-22/h5-15,18,26H,1-4H3,(H,25,27). The number of anilines is 2. The normalized spacial score (nSPS) is 12.1. The number of carbonyl (C=O) groups is 1. The summed E-state index contributed by atoms with van der Waals surface area (Å²) in [5.74, 6) is 0.586. The highest BCUT2D eigenvalue weighted by molar-refractivity contribution is 8.00. The Morgan fingerprint density at radius 2 is 1.53 bits per heavy atom. The van der Waals surface area contributed by atoms with Crippen LogP contribution >= 0.6 is 11.8 Å². The molecule has 1 amide bonds. The monoisotopic (exact) mass is 470 g/mol. The number of hydrogen-bond acceptors (Lipinski definition) is 5. The maximum Gasteiger partial charge on any atom is 0.261 e. The van der Waals surface area contributed by atoms with Gasteiger partial charge < -0.3 is 10.1 Å². The van der Waals surface area contributed by atoms with Gasteiger partial charge in [-0.3, -0.25) is 9.52 Å². The highest BCUT2D eigenvalue weighted by Crippen LogP contribution is 2.26. The van der Waals surface area contributed by atoms with Crippen LogP contribution in [0.5, 0.6) is 5.75 Å². The number of aryl methyl sites for hydroxylation is 2. The first kappa shape index (κ1) is 23.7. The lowest BCUT2D eigenvalue weighted by Crippen LogP contribution is -2.22. The van der Waals surface area contributed by atoms with Gasteiger partial charge >= 0.3 is 0 Å². The molecular weight excluding hydrogens is 444 g/mol. The van der Waals surface area contributed by atoms with E-state index in [1.165, 1.54) is 23.9 Å². The molecule has 168 valence electrons. The van der Waals surface area contributed by atoms with Crippen LogP contribution in [0, 0.1) is 13.8 Å². The first-order chi connectivity index (χ1) is 15.2. The van der Waals surface area contributed by atoms with Gasteiger partial charge in [0.15, 0.2) is 0 Å². The Labute approximate surface area is 193 Å². The van der Waals surface area contributed by atoms with Crippen molar-refractivity contribution in [3.8, 4) is 5.75 Å². The number of benzene rings is 3. The van der Waals surface area contributed by atoms with Crippen LogP contribution in [-0.4, -0.2) is 26.7 Å². The van der Waals surface area contributed by atoms with Gasteiger partial charge in [0.25, 0.3) is 10.0 Å². The van der Waals surface area contributed by atoms with E-state index in [9.17, 15) is 13.2 Å². The van der Waals surface area contributed by atoms with Crippen LogP contribution in [-0.2, 0) is 14.8 Å². The van der Waals surface area contributed by atoms with Gasteiger partial charge in [0.2, 0.25) is 5.91 Å². The summed E-state index contributed by atoms with van der Waals surface area (Å²) >= 11 is 1.43. The lowest BCUT2D eigenvalue weighted by atomic mass is 10.1. The van der Waals surface area contributed by atoms with Gasteiger partial charge in [-0.15, -0.1) is 11.8 Å². The molecule has 0 spiro atoms. The molecule has 3 rings (SSSR count). The third kappa shape index (κ3) is 6.05. The summed E-state index contributed by atoms with van der Waals surface area (Å²) in [7, 11) is -2.12. The summed E-state index contributed by atoms with van der Waals surface area (Å²) < 4.78 is 33.1. The third-order valence-corrected chi connectivity index (χ3v) is 7.44. The number of rotatable bonds is 8. The molecule has 8 heteroatoms. The minimum Gasteiger partial charge on any atom is -0.497 e. The molecule has 0 heterocycles. The lowest BCUT2D eigenvalue weighted by molar-refractivity contribution is -0.115. The van der Waals surface area contributed by atoms with Crippen molar-refractivity contribution < 1.29 is 17.9 Å². The summed E-state index contributed by atoms with van der Waals surface area (Å²) in [5.41, 5.74) is 3.13. The number of thioether (sulfide) groups is 1. The molecule has 1 atom stereocenters. The number of hydrogen-bond donors (Lipinski definition) is 2. The molecule has 3 aromatic carbocycles. The van der Waals surface area contributed by atoms with Crippen LogP contribution in [0.15, 0.2) is 76.5 Å². The molecule has 0 bridgehead atoms. The number of ether oxygens (including phenoxy) is 1. The van der Waals surface area contributed by atoms with E-state index in [1.54, 1.807) is 31.4 Å². The number of carbonyl (C=O) groups excluding carboxylic acids is 1. The first-order valence-corrected chi connectivity index (χ1v) is 12.4. The van der Waals surface area contributed by atoms with Gasteiger partial charge in [-0.2, -0.15) is 0 Å². The second kappa shape index (κ2) is 10.1. The number of amides is 1. The molecule has 1 unspecified atom stereocenters. The highest BCUT2D eigenvalue weighted by Gasteiger charge is 2.17. The van der Waals surface area contributed by atoms with Crippen molar-refractivity contribution in [1.82, 2.24) is 0 Å². The topological polar surface area (TPSA) is 84.5 Å². The second-order valence-corrected chi connectivity index (χ2v) is 10.5. The highest BCUT2D eigenvalue weighted by atomic mass is 32.2. The van der Waals surface area contributed by atoms with E-state index in [-0.39, 0.29) is 16.1 Å². The Balaban J connectivity index is 1.62. The predicted octanol–water partition coefficient (Wildman–Crippen LogP) is 5.23. The first-order valence-electron chi connectivity index (χ1n) is 9.99. The van der Waals surface area contributed by atoms with E-state index in [4.69, 9.17) is 4.74 Å². The molecule has 0 saturated heterocycles. The van der Waals surface area contributed by atoms with E-state index in [0.717, 1.165) is 21.8 Å². The van der Waals surface area contributed by atoms with Crippen LogP contribution in [0.1, 0.15) is 18.1 Å². The van der Waals surface area contributed by atoms with Crippen molar-refractivity contribution in [3.05, 3.63) is 77.9 Å². The van der Waals surface area contributed by atoms with Gasteiger partial charge in [-0.05, 0) is 92.6 Å². The molecule has 0 aliphatic rings. The molecule has 0 radical (unpaired) electrons. The zero-order valence-electron chi connectivity index (χ0n) is 18.4. The Bertz CT molecular complexity index is 1190. The quantitative estimate of drug-likeness (QED) is 0.440. The zero-order chi connectivity index (χ0) is 23.3. The van der Waals surface area contributed by atoms with Crippen molar-refractivity contribution in [1.29, 1.82) is 0 Å². The molecular formula is C24H26N2O4S2. The Kier molecular flexibility index (Phi) is 7.48. The minimum absolute atomic E-state index is 0.120. The molecule has 6 nitrogen and oxygen atoms in total. The fraction of sp³-hybridized carbons (Fsp3) is 0.208. The Hall–Kier alpha value is -2.97. The zero-order valence-corrected chi connectivity index (χ0v) is 20.0. The third-order valence-electron chi connectivity index (χ3n) is 4.93. The second-order valence-electron chi connectivity index (χ2n) is 7.35. The van der Waals surface area contributed by atoms with Crippen molar-refractivity contribution in [2.24, 2.45) is 0 Å². The Morgan fingerprint density at radius 1 is 0.906 bits per heavy atom. The fourth-order valence-electron chi connectivity index (χ4n) is 2.89. The van der Waals surface area contributed by atoms with Crippen LogP contribution in [0.3, 0.4) is 0 Å². The number of nitrogens with one attached hydrogen (secondary N) is 2. The summed E-state index contributed by atoms with van der Waals surface area (Å²) in [6, 6.07) is 19.0. The molecule has 0 saturated carbocycles. The summed E-state index contributed by atoms with van der Waals surface area (Å²) in [4.78, 5) is 13.6.